The predicted octanol–water partition coefficient (Wildman–Crippen LogP) is 3.24. The van der Waals surface area contributed by atoms with Crippen LogP contribution in [0.15, 0.2) is 36.4 Å². The molecule has 1 aromatic carbocycles. The topological polar surface area (TPSA) is 24.9 Å². The summed E-state index contributed by atoms with van der Waals surface area (Å²) in [6, 6.07) is 10.8. The molecule has 0 fully saturated rings. The SMILES string of the molecule is CNc1cccc(-c2ccc(C)c(F)c2)n1. The van der Waals surface area contributed by atoms with Crippen molar-refractivity contribution in [1.29, 1.82) is 0 Å². The van der Waals surface area contributed by atoms with Crippen molar-refractivity contribution in [3.05, 3.63) is 47.8 Å². The molecule has 1 N–H and O–H groups in total. The molecule has 2 nitrogen and oxygen atoms in total. The second-order valence-electron chi connectivity index (χ2n) is 3.62. The molecule has 16 heavy (non-hydrogen) atoms. The highest BCUT2D eigenvalue weighted by atomic mass is 19.1. The molecule has 82 valence electrons. The highest BCUT2D eigenvalue weighted by Crippen LogP contribution is 2.21. The van der Waals surface area contributed by atoms with E-state index < -0.39 is 0 Å². The van der Waals surface area contributed by atoms with Gasteiger partial charge in [0.15, 0.2) is 0 Å². The Kier molecular flexibility index (Phi) is 2.86. The number of benzene rings is 1. The Morgan fingerprint density at radius 3 is 2.69 bits per heavy atom. The molecule has 0 aliphatic heterocycles. The van der Waals surface area contributed by atoms with Crippen molar-refractivity contribution in [3.8, 4) is 11.3 Å². The first kappa shape index (κ1) is 10.6. The average molecular weight is 216 g/mol. The number of nitrogens with one attached hydrogen (secondary N) is 1. The zero-order valence-corrected chi connectivity index (χ0v) is 9.29. The molecule has 0 spiro atoms. The molecule has 1 aromatic heterocycles. The van der Waals surface area contributed by atoms with E-state index in [0.717, 1.165) is 17.1 Å². The van der Waals surface area contributed by atoms with E-state index in [1.807, 2.05) is 31.3 Å². The monoisotopic (exact) mass is 216 g/mol. The van der Waals surface area contributed by atoms with Crippen molar-refractivity contribution in [2.75, 3.05) is 12.4 Å². The third-order valence-corrected chi connectivity index (χ3v) is 2.47. The lowest BCUT2D eigenvalue weighted by Gasteiger charge is -2.05. The maximum absolute atomic E-state index is 13.4. The van der Waals surface area contributed by atoms with E-state index in [4.69, 9.17) is 0 Å². The van der Waals surface area contributed by atoms with E-state index in [-0.39, 0.29) is 5.82 Å². The summed E-state index contributed by atoms with van der Waals surface area (Å²) in [5.41, 5.74) is 2.21. The number of halogens is 1. The quantitative estimate of drug-likeness (QED) is 0.833. The molecule has 0 unspecified atom stereocenters. The van der Waals surface area contributed by atoms with Gasteiger partial charge in [-0.1, -0.05) is 18.2 Å². The Morgan fingerprint density at radius 2 is 2.00 bits per heavy atom. The summed E-state index contributed by atoms with van der Waals surface area (Å²) in [5, 5.41) is 2.96. The molecule has 0 radical (unpaired) electrons. The minimum Gasteiger partial charge on any atom is -0.373 e. The maximum atomic E-state index is 13.4. The Hall–Kier alpha value is -1.90. The summed E-state index contributed by atoms with van der Waals surface area (Å²) in [6.07, 6.45) is 0. The van der Waals surface area contributed by atoms with Crippen molar-refractivity contribution < 1.29 is 4.39 Å². The van der Waals surface area contributed by atoms with Crippen LogP contribution in [0, 0.1) is 12.7 Å². The number of rotatable bonds is 2. The summed E-state index contributed by atoms with van der Waals surface area (Å²) in [7, 11) is 1.81. The molecule has 0 atom stereocenters. The van der Waals surface area contributed by atoms with Crippen LogP contribution in [-0.4, -0.2) is 12.0 Å². The van der Waals surface area contributed by atoms with Crippen LogP contribution < -0.4 is 5.32 Å². The summed E-state index contributed by atoms with van der Waals surface area (Å²) >= 11 is 0. The first-order chi connectivity index (χ1) is 7.70. The third-order valence-electron chi connectivity index (χ3n) is 2.47. The van der Waals surface area contributed by atoms with Crippen LogP contribution in [0.5, 0.6) is 0 Å². The summed E-state index contributed by atoms with van der Waals surface area (Å²) in [5.74, 6) is 0.577. The van der Waals surface area contributed by atoms with Crippen LogP contribution in [0.25, 0.3) is 11.3 Å². The Bertz CT molecular complexity index is 509. The van der Waals surface area contributed by atoms with Crippen LogP contribution in [0.2, 0.25) is 0 Å². The van der Waals surface area contributed by atoms with Gasteiger partial charge in [0.1, 0.15) is 11.6 Å². The smallest absolute Gasteiger partial charge is 0.126 e. The van der Waals surface area contributed by atoms with Crippen LogP contribution in [0.3, 0.4) is 0 Å². The van der Waals surface area contributed by atoms with E-state index in [1.54, 1.807) is 13.0 Å². The van der Waals surface area contributed by atoms with Gasteiger partial charge in [-0.3, -0.25) is 0 Å². The highest BCUT2D eigenvalue weighted by molar-refractivity contribution is 5.61. The van der Waals surface area contributed by atoms with Crippen LogP contribution in [0.1, 0.15) is 5.56 Å². The largest absolute Gasteiger partial charge is 0.373 e. The fraction of sp³-hybridized carbons (Fsp3) is 0.154. The van der Waals surface area contributed by atoms with Gasteiger partial charge >= 0.3 is 0 Å². The zero-order chi connectivity index (χ0) is 11.5. The molecule has 0 saturated carbocycles. The maximum Gasteiger partial charge on any atom is 0.126 e. The van der Waals surface area contributed by atoms with Crippen molar-refractivity contribution in [2.45, 2.75) is 6.92 Å². The van der Waals surface area contributed by atoms with Gasteiger partial charge in [-0.25, -0.2) is 9.37 Å². The highest BCUT2D eigenvalue weighted by Gasteiger charge is 2.03. The normalized spacial score (nSPS) is 10.2. The van der Waals surface area contributed by atoms with Crippen molar-refractivity contribution in [2.24, 2.45) is 0 Å². The minimum absolute atomic E-state index is 0.200. The molecule has 0 amide bonds. The molecular weight excluding hydrogens is 203 g/mol. The van der Waals surface area contributed by atoms with Gasteiger partial charge in [-0.2, -0.15) is 0 Å². The number of nitrogens with zero attached hydrogens (tertiary/aromatic N) is 1. The van der Waals surface area contributed by atoms with Crippen LogP contribution in [0.4, 0.5) is 10.2 Å². The Morgan fingerprint density at radius 1 is 1.19 bits per heavy atom. The van der Waals surface area contributed by atoms with Gasteiger partial charge in [-0.05, 0) is 30.7 Å². The first-order valence-electron chi connectivity index (χ1n) is 5.12. The Balaban J connectivity index is 2.46. The lowest BCUT2D eigenvalue weighted by atomic mass is 10.1. The fourth-order valence-electron chi connectivity index (χ4n) is 1.49. The summed E-state index contributed by atoms with van der Waals surface area (Å²) in [4.78, 5) is 4.35. The van der Waals surface area contributed by atoms with Crippen molar-refractivity contribution in [1.82, 2.24) is 4.98 Å². The lowest BCUT2D eigenvalue weighted by Crippen LogP contribution is -1.93. The molecule has 2 rings (SSSR count). The number of hydrogen-bond donors (Lipinski definition) is 1. The Labute approximate surface area is 94.2 Å². The summed E-state index contributed by atoms with van der Waals surface area (Å²) < 4.78 is 13.4. The minimum atomic E-state index is -0.200. The number of aromatic nitrogens is 1. The second kappa shape index (κ2) is 4.31. The van der Waals surface area contributed by atoms with Crippen molar-refractivity contribution in [3.63, 3.8) is 0 Å². The average Bonchev–Trinajstić information content (AvgIpc) is 2.33. The van der Waals surface area contributed by atoms with Gasteiger partial charge in [0.25, 0.3) is 0 Å². The van der Waals surface area contributed by atoms with Gasteiger partial charge in [0.2, 0.25) is 0 Å². The first-order valence-corrected chi connectivity index (χ1v) is 5.12. The number of pyridine rings is 1. The molecule has 0 aliphatic carbocycles. The second-order valence-corrected chi connectivity index (χ2v) is 3.62. The molecule has 0 bridgehead atoms. The summed E-state index contributed by atoms with van der Waals surface area (Å²) in [6.45, 7) is 1.75. The zero-order valence-electron chi connectivity index (χ0n) is 9.29. The van der Waals surface area contributed by atoms with E-state index in [1.165, 1.54) is 6.07 Å². The number of anilines is 1. The van der Waals surface area contributed by atoms with Gasteiger partial charge in [0, 0.05) is 12.6 Å². The fourth-order valence-corrected chi connectivity index (χ4v) is 1.49. The lowest BCUT2D eigenvalue weighted by molar-refractivity contribution is 0.619. The molecular formula is C13H13FN2. The van der Waals surface area contributed by atoms with E-state index in [9.17, 15) is 4.39 Å². The van der Waals surface area contributed by atoms with Gasteiger partial charge in [0.05, 0.1) is 5.69 Å². The van der Waals surface area contributed by atoms with Crippen LogP contribution >= 0.6 is 0 Å². The number of hydrogen-bond acceptors (Lipinski definition) is 2. The van der Waals surface area contributed by atoms with Gasteiger partial charge < -0.3 is 5.32 Å². The molecule has 2 aromatic rings. The standard InChI is InChI=1S/C13H13FN2/c1-9-6-7-10(8-11(9)14)12-4-3-5-13(15-2)16-12/h3-8H,1-2H3,(H,15,16). The molecule has 0 saturated heterocycles. The third kappa shape index (κ3) is 2.03. The van der Waals surface area contributed by atoms with E-state index in [2.05, 4.69) is 10.3 Å². The molecule has 0 aliphatic rings. The van der Waals surface area contributed by atoms with Crippen molar-refractivity contribution >= 4 is 5.82 Å². The molecule has 1 heterocycles. The van der Waals surface area contributed by atoms with E-state index in [0.29, 0.717) is 5.56 Å². The predicted molar refractivity (Wildman–Crippen MR) is 63.9 cm³/mol. The van der Waals surface area contributed by atoms with Crippen LogP contribution in [-0.2, 0) is 0 Å². The van der Waals surface area contributed by atoms with Gasteiger partial charge in [-0.15, -0.1) is 0 Å². The van der Waals surface area contributed by atoms with E-state index >= 15 is 0 Å². The number of aryl methyl sites for hydroxylation is 1. The molecule has 3 heteroatoms.